The van der Waals surface area contributed by atoms with Gasteiger partial charge in [-0.25, -0.2) is 13.1 Å². The van der Waals surface area contributed by atoms with Gasteiger partial charge in [0.2, 0.25) is 10.0 Å². The molecule has 8 heteroatoms. The van der Waals surface area contributed by atoms with Crippen molar-refractivity contribution in [1.29, 1.82) is 0 Å². The van der Waals surface area contributed by atoms with E-state index in [9.17, 15) is 8.42 Å². The first-order valence-corrected chi connectivity index (χ1v) is 9.13. The lowest BCUT2D eigenvalue weighted by atomic mass is 10.1. The van der Waals surface area contributed by atoms with Crippen LogP contribution in [0.4, 0.5) is 0 Å². The van der Waals surface area contributed by atoms with Crippen molar-refractivity contribution in [3.05, 3.63) is 35.4 Å². The van der Waals surface area contributed by atoms with Gasteiger partial charge < -0.3 is 10.2 Å². The number of sulfonamides is 1. The minimum atomic E-state index is -3.11. The van der Waals surface area contributed by atoms with Gasteiger partial charge in [-0.1, -0.05) is 29.8 Å². The van der Waals surface area contributed by atoms with Crippen molar-refractivity contribution in [3.63, 3.8) is 0 Å². The van der Waals surface area contributed by atoms with Gasteiger partial charge in [0.25, 0.3) is 0 Å². The predicted molar refractivity (Wildman–Crippen MR) is 107 cm³/mol. The van der Waals surface area contributed by atoms with E-state index in [1.165, 1.54) is 11.1 Å². The highest BCUT2D eigenvalue weighted by Crippen LogP contribution is 2.05. The fourth-order valence-corrected chi connectivity index (χ4v) is 2.49. The summed E-state index contributed by atoms with van der Waals surface area (Å²) >= 11 is 0. The first-order chi connectivity index (χ1) is 10.3. The van der Waals surface area contributed by atoms with E-state index in [0.717, 1.165) is 18.8 Å². The average Bonchev–Trinajstić information content (AvgIpc) is 2.44. The van der Waals surface area contributed by atoms with Gasteiger partial charge in [0, 0.05) is 33.7 Å². The quantitative estimate of drug-likeness (QED) is 0.284. The normalized spacial score (nSPS) is 11.7. The molecule has 0 aromatic heterocycles. The Hall–Kier alpha value is -0.870. The third-order valence-corrected chi connectivity index (χ3v) is 3.84. The molecular formula is C15H27IN4O2S. The lowest BCUT2D eigenvalue weighted by Gasteiger charge is -2.22. The van der Waals surface area contributed by atoms with Crippen molar-refractivity contribution in [2.75, 3.05) is 33.4 Å². The number of rotatable bonds is 7. The van der Waals surface area contributed by atoms with Gasteiger partial charge in [0.15, 0.2) is 5.96 Å². The molecule has 0 heterocycles. The van der Waals surface area contributed by atoms with Crippen molar-refractivity contribution >= 4 is 40.0 Å². The fraction of sp³-hybridized carbons (Fsp3) is 0.533. The largest absolute Gasteiger partial charge is 0.356 e. The second-order valence-electron chi connectivity index (χ2n) is 5.34. The molecule has 6 nitrogen and oxygen atoms in total. The summed E-state index contributed by atoms with van der Waals surface area (Å²) in [5.74, 6) is 0.792. The Labute approximate surface area is 156 Å². The van der Waals surface area contributed by atoms with Crippen LogP contribution in [0.5, 0.6) is 0 Å². The summed E-state index contributed by atoms with van der Waals surface area (Å²) in [5, 5.41) is 3.23. The maximum absolute atomic E-state index is 11.0. The molecule has 0 atom stereocenters. The van der Waals surface area contributed by atoms with E-state index in [2.05, 4.69) is 46.2 Å². The SMILES string of the molecule is CN=C(NCCCNS(C)(=O)=O)N(C)Cc1ccc(C)cc1.I. The second kappa shape index (κ2) is 10.8. The van der Waals surface area contributed by atoms with Gasteiger partial charge in [-0.05, 0) is 18.9 Å². The van der Waals surface area contributed by atoms with Crippen LogP contribution in [0, 0.1) is 6.92 Å². The summed E-state index contributed by atoms with van der Waals surface area (Å²) in [6, 6.07) is 8.40. The van der Waals surface area contributed by atoms with Crippen LogP contribution >= 0.6 is 24.0 Å². The number of nitrogens with one attached hydrogen (secondary N) is 2. The standard InChI is InChI=1S/C15H26N4O2S.HI/c1-13-6-8-14(9-7-13)12-19(3)15(16-2)17-10-5-11-18-22(4,20)21;/h6-9,18H,5,10-12H2,1-4H3,(H,16,17);1H. The van der Waals surface area contributed by atoms with Crippen molar-refractivity contribution in [1.82, 2.24) is 14.9 Å². The summed E-state index contributed by atoms with van der Waals surface area (Å²) in [5.41, 5.74) is 2.46. The molecule has 1 rings (SSSR count). The van der Waals surface area contributed by atoms with Crippen LogP contribution in [0.1, 0.15) is 17.5 Å². The van der Waals surface area contributed by atoms with Crippen LogP contribution in [-0.4, -0.2) is 52.7 Å². The summed E-state index contributed by atoms with van der Waals surface area (Å²) in [6.07, 6.45) is 1.86. The molecule has 0 amide bonds. The molecule has 1 aromatic rings. The van der Waals surface area contributed by atoms with Crippen LogP contribution in [0.3, 0.4) is 0 Å². The molecule has 0 saturated carbocycles. The van der Waals surface area contributed by atoms with E-state index < -0.39 is 10.0 Å². The maximum atomic E-state index is 11.0. The zero-order chi connectivity index (χ0) is 16.6. The van der Waals surface area contributed by atoms with E-state index >= 15 is 0 Å². The molecule has 0 radical (unpaired) electrons. The zero-order valence-corrected chi connectivity index (χ0v) is 17.3. The van der Waals surface area contributed by atoms with Crippen LogP contribution in [-0.2, 0) is 16.6 Å². The van der Waals surface area contributed by atoms with Gasteiger partial charge in [-0.2, -0.15) is 0 Å². The lowest BCUT2D eigenvalue weighted by molar-refractivity contribution is 0.475. The molecular weight excluding hydrogens is 427 g/mol. The van der Waals surface area contributed by atoms with Crippen LogP contribution in [0.2, 0.25) is 0 Å². The number of benzene rings is 1. The highest BCUT2D eigenvalue weighted by molar-refractivity contribution is 14.0. The third-order valence-electron chi connectivity index (χ3n) is 3.11. The summed E-state index contributed by atoms with van der Waals surface area (Å²) in [6.45, 7) is 3.91. The minimum absolute atomic E-state index is 0. The van der Waals surface area contributed by atoms with E-state index in [4.69, 9.17) is 0 Å². The summed E-state index contributed by atoms with van der Waals surface area (Å²) in [7, 11) is 0.606. The van der Waals surface area contributed by atoms with E-state index in [-0.39, 0.29) is 24.0 Å². The van der Waals surface area contributed by atoms with Crippen molar-refractivity contribution in [2.24, 2.45) is 4.99 Å². The number of hydrogen-bond acceptors (Lipinski definition) is 3. The highest BCUT2D eigenvalue weighted by Gasteiger charge is 2.06. The Morgan fingerprint density at radius 3 is 2.35 bits per heavy atom. The number of aliphatic imine (C=N–C) groups is 1. The smallest absolute Gasteiger partial charge is 0.208 e. The number of hydrogen-bond donors (Lipinski definition) is 2. The number of guanidine groups is 1. The number of aryl methyl sites for hydroxylation is 1. The van der Waals surface area contributed by atoms with Crippen LogP contribution < -0.4 is 10.0 Å². The molecule has 0 aliphatic heterocycles. The second-order valence-corrected chi connectivity index (χ2v) is 7.17. The average molecular weight is 454 g/mol. The molecule has 132 valence electrons. The molecule has 23 heavy (non-hydrogen) atoms. The molecule has 0 unspecified atom stereocenters. The number of halogens is 1. The Morgan fingerprint density at radius 1 is 1.22 bits per heavy atom. The summed E-state index contributed by atoms with van der Waals surface area (Å²) in [4.78, 5) is 6.28. The van der Waals surface area contributed by atoms with Crippen LogP contribution in [0.25, 0.3) is 0 Å². The fourth-order valence-electron chi connectivity index (χ4n) is 1.97. The van der Waals surface area contributed by atoms with Crippen molar-refractivity contribution in [3.8, 4) is 0 Å². The van der Waals surface area contributed by atoms with E-state index in [0.29, 0.717) is 19.5 Å². The Balaban J connectivity index is 0.00000484. The van der Waals surface area contributed by atoms with Gasteiger partial charge in [0.05, 0.1) is 6.26 Å². The van der Waals surface area contributed by atoms with Gasteiger partial charge >= 0.3 is 0 Å². The van der Waals surface area contributed by atoms with E-state index in [1.807, 2.05) is 11.9 Å². The zero-order valence-electron chi connectivity index (χ0n) is 14.2. The Kier molecular flexibility index (Phi) is 10.4. The van der Waals surface area contributed by atoms with Crippen LogP contribution in [0.15, 0.2) is 29.3 Å². The van der Waals surface area contributed by atoms with Gasteiger partial charge in [-0.3, -0.25) is 4.99 Å². The molecule has 0 aliphatic rings. The Morgan fingerprint density at radius 2 is 1.83 bits per heavy atom. The summed E-state index contributed by atoms with van der Waals surface area (Å²) < 4.78 is 24.4. The Bertz CT molecular complexity index is 588. The molecule has 0 fully saturated rings. The molecule has 0 bridgehead atoms. The highest BCUT2D eigenvalue weighted by atomic mass is 127. The monoisotopic (exact) mass is 454 g/mol. The number of nitrogens with zero attached hydrogens (tertiary/aromatic N) is 2. The minimum Gasteiger partial charge on any atom is -0.356 e. The first kappa shape index (κ1) is 22.1. The molecule has 0 aliphatic carbocycles. The third kappa shape index (κ3) is 9.77. The molecule has 0 spiro atoms. The van der Waals surface area contributed by atoms with Crippen molar-refractivity contribution < 1.29 is 8.42 Å². The van der Waals surface area contributed by atoms with E-state index in [1.54, 1.807) is 7.05 Å². The molecule has 1 aromatic carbocycles. The maximum Gasteiger partial charge on any atom is 0.208 e. The van der Waals surface area contributed by atoms with Gasteiger partial charge in [-0.15, -0.1) is 24.0 Å². The lowest BCUT2D eigenvalue weighted by Crippen LogP contribution is -2.39. The van der Waals surface area contributed by atoms with Crippen molar-refractivity contribution in [2.45, 2.75) is 19.9 Å². The molecule has 2 N–H and O–H groups in total. The topological polar surface area (TPSA) is 73.8 Å². The predicted octanol–water partition coefficient (Wildman–Crippen LogP) is 1.56. The van der Waals surface area contributed by atoms with Gasteiger partial charge in [0.1, 0.15) is 0 Å². The molecule has 0 saturated heterocycles. The first-order valence-electron chi connectivity index (χ1n) is 7.24.